The van der Waals surface area contributed by atoms with E-state index in [0.717, 1.165) is 18.8 Å². The smallest absolute Gasteiger partial charge is 0.228 e. The molecule has 1 aromatic rings. The SMILES string of the molecule is CC(C)C(=O)NC(=S)Nc1ccc(N2CCN(C(=O)C(C)C)CC2)c(Cl)c1. The highest BCUT2D eigenvalue weighted by Gasteiger charge is 2.24. The first kappa shape index (κ1) is 21.4. The van der Waals surface area contributed by atoms with Crippen molar-refractivity contribution in [1.29, 1.82) is 0 Å². The lowest BCUT2D eigenvalue weighted by Crippen LogP contribution is -2.50. The summed E-state index contributed by atoms with van der Waals surface area (Å²) in [6.07, 6.45) is 0. The summed E-state index contributed by atoms with van der Waals surface area (Å²) in [7, 11) is 0. The maximum Gasteiger partial charge on any atom is 0.228 e. The molecule has 0 aromatic heterocycles. The molecule has 0 bridgehead atoms. The average Bonchev–Trinajstić information content (AvgIpc) is 2.61. The molecule has 1 saturated heterocycles. The zero-order chi connectivity index (χ0) is 20.1. The summed E-state index contributed by atoms with van der Waals surface area (Å²) in [5.74, 6) is -0.0660. The molecule has 148 valence electrons. The van der Waals surface area contributed by atoms with Gasteiger partial charge in [0, 0.05) is 43.7 Å². The van der Waals surface area contributed by atoms with Crippen LogP contribution in [0.3, 0.4) is 0 Å². The van der Waals surface area contributed by atoms with Crippen molar-refractivity contribution in [3.05, 3.63) is 23.2 Å². The molecule has 2 rings (SSSR count). The van der Waals surface area contributed by atoms with Gasteiger partial charge in [-0.1, -0.05) is 39.3 Å². The number of nitrogens with zero attached hydrogens (tertiary/aromatic N) is 2. The standard InChI is InChI=1S/C19H27ClN4O2S/c1-12(2)17(25)22-19(27)21-14-5-6-16(15(20)11-14)23-7-9-24(10-8-23)18(26)13(3)4/h5-6,11-13H,7-10H2,1-4H3,(H2,21,22,25,27). The monoisotopic (exact) mass is 410 g/mol. The van der Waals surface area contributed by atoms with Crippen molar-refractivity contribution in [2.24, 2.45) is 11.8 Å². The van der Waals surface area contributed by atoms with Crippen molar-refractivity contribution < 1.29 is 9.59 Å². The molecule has 0 saturated carbocycles. The van der Waals surface area contributed by atoms with Crippen LogP contribution in [0.25, 0.3) is 0 Å². The molecular formula is C19H27ClN4O2S. The summed E-state index contributed by atoms with van der Waals surface area (Å²) < 4.78 is 0. The summed E-state index contributed by atoms with van der Waals surface area (Å²) in [6.45, 7) is 10.3. The van der Waals surface area contributed by atoms with Gasteiger partial charge in [0.2, 0.25) is 11.8 Å². The van der Waals surface area contributed by atoms with Gasteiger partial charge in [0.05, 0.1) is 10.7 Å². The van der Waals surface area contributed by atoms with Crippen molar-refractivity contribution >= 4 is 52.1 Å². The third-order valence-corrected chi connectivity index (χ3v) is 4.90. The molecule has 0 unspecified atom stereocenters. The number of nitrogens with one attached hydrogen (secondary N) is 2. The van der Waals surface area contributed by atoms with Crippen LogP contribution in [0.5, 0.6) is 0 Å². The molecular weight excluding hydrogens is 384 g/mol. The highest BCUT2D eigenvalue weighted by atomic mass is 35.5. The largest absolute Gasteiger partial charge is 0.367 e. The Morgan fingerprint density at radius 3 is 2.22 bits per heavy atom. The van der Waals surface area contributed by atoms with Crippen molar-refractivity contribution in [3.8, 4) is 0 Å². The second-order valence-electron chi connectivity index (χ2n) is 7.23. The van der Waals surface area contributed by atoms with E-state index in [2.05, 4.69) is 15.5 Å². The number of amides is 2. The van der Waals surface area contributed by atoms with E-state index in [0.29, 0.717) is 23.8 Å². The van der Waals surface area contributed by atoms with E-state index in [1.165, 1.54) is 0 Å². The molecule has 0 spiro atoms. The van der Waals surface area contributed by atoms with Gasteiger partial charge in [0.25, 0.3) is 0 Å². The predicted molar refractivity (Wildman–Crippen MR) is 114 cm³/mol. The topological polar surface area (TPSA) is 64.7 Å². The number of benzene rings is 1. The van der Waals surface area contributed by atoms with Crippen molar-refractivity contribution in [2.45, 2.75) is 27.7 Å². The van der Waals surface area contributed by atoms with Gasteiger partial charge < -0.3 is 20.4 Å². The van der Waals surface area contributed by atoms with Crippen LogP contribution < -0.4 is 15.5 Å². The van der Waals surface area contributed by atoms with Crippen molar-refractivity contribution in [2.75, 3.05) is 36.4 Å². The summed E-state index contributed by atoms with van der Waals surface area (Å²) in [4.78, 5) is 27.9. The molecule has 27 heavy (non-hydrogen) atoms. The molecule has 1 aromatic carbocycles. The van der Waals surface area contributed by atoms with Gasteiger partial charge in [-0.25, -0.2) is 0 Å². The molecule has 0 atom stereocenters. The molecule has 2 amide bonds. The number of rotatable bonds is 4. The molecule has 1 aliphatic rings. The van der Waals surface area contributed by atoms with Gasteiger partial charge in [0.1, 0.15) is 0 Å². The van der Waals surface area contributed by atoms with E-state index in [1.807, 2.05) is 30.9 Å². The maximum atomic E-state index is 12.1. The van der Waals surface area contributed by atoms with E-state index in [-0.39, 0.29) is 28.8 Å². The molecule has 1 fully saturated rings. The zero-order valence-corrected chi connectivity index (χ0v) is 17.8. The molecule has 8 heteroatoms. The minimum absolute atomic E-state index is 0.0190. The Labute approximate surface area is 171 Å². The maximum absolute atomic E-state index is 12.1. The Bertz CT molecular complexity index is 716. The number of halogens is 1. The van der Waals surface area contributed by atoms with Gasteiger partial charge in [-0.3, -0.25) is 9.59 Å². The fraction of sp³-hybridized carbons (Fsp3) is 0.526. The molecule has 0 radical (unpaired) electrons. The van der Waals surface area contributed by atoms with Crippen LogP contribution >= 0.6 is 23.8 Å². The summed E-state index contributed by atoms with van der Waals surface area (Å²) in [5, 5.41) is 6.46. The predicted octanol–water partition coefficient (Wildman–Crippen LogP) is 3.11. The van der Waals surface area contributed by atoms with E-state index in [1.54, 1.807) is 19.9 Å². The van der Waals surface area contributed by atoms with Crippen LogP contribution in [0, 0.1) is 11.8 Å². The summed E-state index contributed by atoms with van der Waals surface area (Å²) in [6, 6.07) is 5.59. The van der Waals surface area contributed by atoms with E-state index in [9.17, 15) is 9.59 Å². The Hall–Kier alpha value is -1.86. The molecule has 1 aliphatic heterocycles. The fourth-order valence-electron chi connectivity index (χ4n) is 2.79. The molecule has 6 nitrogen and oxygen atoms in total. The van der Waals surface area contributed by atoms with Crippen LogP contribution in [-0.2, 0) is 9.59 Å². The summed E-state index contributed by atoms with van der Waals surface area (Å²) >= 11 is 11.6. The van der Waals surface area contributed by atoms with Crippen LogP contribution in [0.4, 0.5) is 11.4 Å². The molecule has 0 aliphatic carbocycles. The number of hydrogen-bond donors (Lipinski definition) is 2. The normalized spacial score (nSPS) is 14.5. The minimum Gasteiger partial charge on any atom is -0.367 e. The second-order valence-corrected chi connectivity index (χ2v) is 8.05. The van der Waals surface area contributed by atoms with Gasteiger partial charge >= 0.3 is 0 Å². The minimum atomic E-state index is -0.142. The lowest BCUT2D eigenvalue weighted by molar-refractivity contribution is -0.134. The highest BCUT2D eigenvalue weighted by molar-refractivity contribution is 7.80. The summed E-state index contributed by atoms with van der Waals surface area (Å²) in [5.41, 5.74) is 1.64. The number of carbonyl (C=O) groups excluding carboxylic acids is 2. The third kappa shape index (κ3) is 5.81. The number of thiocarbonyl (C=S) groups is 1. The Kier molecular flexibility index (Phi) is 7.44. The Balaban J connectivity index is 1.96. The van der Waals surface area contributed by atoms with E-state index in [4.69, 9.17) is 23.8 Å². The van der Waals surface area contributed by atoms with Gasteiger partial charge in [0.15, 0.2) is 5.11 Å². The fourth-order valence-corrected chi connectivity index (χ4v) is 3.31. The Morgan fingerprint density at radius 2 is 1.70 bits per heavy atom. The molecule has 1 heterocycles. The highest BCUT2D eigenvalue weighted by Crippen LogP contribution is 2.29. The van der Waals surface area contributed by atoms with E-state index < -0.39 is 0 Å². The number of anilines is 2. The van der Waals surface area contributed by atoms with E-state index >= 15 is 0 Å². The zero-order valence-electron chi connectivity index (χ0n) is 16.2. The lowest BCUT2D eigenvalue weighted by atomic mass is 10.1. The van der Waals surface area contributed by atoms with Gasteiger partial charge in [-0.05, 0) is 30.4 Å². The quantitative estimate of drug-likeness (QED) is 0.746. The first-order chi connectivity index (χ1) is 12.7. The lowest BCUT2D eigenvalue weighted by Gasteiger charge is -2.37. The first-order valence-corrected chi connectivity index (χ1v) is 9.92. The van der Waals surface area contributed by atoms with Gasteiger partial charge in [-0.15, -0.1) is 0 Å². The van der Waals surface area contributed by atoms with Crippen LogP contribution in [0.15, 0.2) is 18.2 Å². The second kappa shape index (κ2) is 9.37. The van der Waals surface area contributed by atoms with Crippen molar-refractivity contribution in [1.82, 2.24) is 10.2 Å². The Morgan fingerprint density at radius 1 is 1.07 bits per heavy atom. The van der Waals surface area contributed by atoms with Crippen LogP contribution in [0.1, 0.15) is 27.7 Å². The van der Waals surface area contributed by atoms with Crippen molar-refractivity contribution in [3.63, 3.8) is 0 Å². The third-order valence-electron chi connectivity index (χ3n) is 4.39. The van der Waals surface area contributed by atoms with Crippen LogP contribution in [-0.4, -0.2) is 48.0 Å². The number of carbonyl (C=O) groups is 2. The molecule has 2 N–H and O–H groups in total. The first-order valence-electron chi connectivity index (χ1n) is 9.14. The van der Waals surface area contributed by atoms with Crippen LogP contribution in [0.2, 0.25) is 5.02 Å². The number of piperazine rings is 1. The number of hydrogen-bond acceptors (Lipinski definition) is 4. The average molecular weight is 411 g/mol. The van der Waals surface area contributed by atoms with Gasteiger partial charge in [-0.2, -0.15) is 0 Å².